The van der Waals surface area contributed by atoms with Crippen LogP contribution in [0.1, 0.15) is 69.8 Å². The van der Waals surface area contributed by atoms with Crippen molar-refractivity contribution in [3.63, 3.8) is 0 Å². The highest BCUT2D eigenvalue weighted by Gasteiger charge is 2.22. The Kier molecular flexibility index (Phi) is 6.65. The van der Waals surface area contributed by atoms with Crippen LogP contribution in [0.3, 0.4) is 0 Å². The van der Waals surface area contributed by atoms with Crippen molar-refractivity contribution in [3.05, 3.63) is 47.9 Å². The predicted octanol–water partition coefficient (Wildman–Crippen LogP) is 6.75. The lowest BCUT2D eigenvalue weighted by atomic mass is 9.77. The van der Waals surface area contributed by atoms with Gasteiger partial charge in [0.2, 0.25) is 0 Å². The van der Waals surface area contributed by atoms with Crippen molar-refractivity contribution in [1.29, 1.82) is 0 Å². The largest absolute Gasteiger partial charge is 0.497 e. The zero-order valence-corrected chi connectivity index (χ0v) is 16.0. The third-order valence-electron chi connectivity index (χ3n) is 5.77. The lowest BCUT2D eigenvalue weighted by molar-refractivity contribution is 0.302. The minimum Gasteiger partial charge on any atom is -0.497 e. The fraction of sp³-hybridized carbons (Fsp3) is 0.522. The molecule has 0 unspecified atom stereocenters. The second-order valence-electron chi connectivity index (χ2n) is 7.54. The van der Waals surface area contributed by atoms with E-state index in [-0.39, 0.29) is 5.82 Å². The van der Waals surface area contributed by atoms with Crippen LogP contribution in [0.5, 0.6) is 5.75 Å². The van der Waals surface area contributed by atoms with Crippen molar-refractivity contribution in [2.45, 2.75) is 64.2 Å². The molecule has 0 spiro atoms. The first-order valence-electron chi connectivity index (χ1n) is 10.0. The number of pyridine rings is 1. The van der Waals surface area contributed by atoms with E-state index in [0.717, 1.165) is 5.92 Å². The minimum atomic E-state index is -0.294. The van der Waals surface area contributed by atoms with Gasteiger partial charge in [-0.2, -0.15) is 0 Å². The molecular weight excluding hydrogens is 325 g/mol. The van der Waals surface area contributed by atoms with E-state index in [1.54, 1.807) is 19.2 Å². The highest BCUT2D eigenvalue weighted by Crippen LogP contribution is 2.38. The van der Waals surface area contributed by atoms with Crippen LogP contribution in [-0.2, 0) is 0 Å². The normalized spacial score (nSPS) is 20.1. The molecule has 1 aliphatic rings. The number of halogens is 1. The summed E-state index contributed by atoms with van der Waals surface area (Å²) >= 11 is 0. The molecule has 0 saturated heterocycles. The molecule has 26 heavy (non-hydrogen) atoms. The maximum Gasteiger partial charge on any atom is 0.136 e. The average molecular weight is 355 g/mol. The van der Waals surface area contributed by atoms with E-state index in [4.69, 9.17) is 4.74 Å². The number of methoxy groups -OCH3 is 1. The molecular formula is C23H30FNO. The smallest absolute Gasteiger partial charge is 0.136 e. The monoisotopic (exact) mass is 355 g/mol. The number of aromatic nitrogens is 1. The summed E-state index contributed by atoms with van der Waals surface area (Å²) in [4.78, 5) is 4.54. The third kappa shape index (κ3) is 4.63. The van der Waals surface area contributed by atoms with Crippen molar-refractivity contribution in [3.8, 4) is 17.0 Å². The minimum absolute atomic E-state index is 0.294. The molecule has 1 aromatic heterocycles. The van der Waals surface area contributed by atoms with E-state index in [1.807, 2.05) is 12.3 Å². The van der Waals surface area contributed by atoms with Gasteiger partial charge in [-0.25, -0.2) is 4.39 Å². The van der Waals surface area contributed by atoms with Gasteiger partial charge in [-0.3, -0.25) is 4.98 Å². The summed E-state index contributed by atoms with van der Waals surface area (Å²) in [5.74, 6) is 1.76. The summed E-state index contributed by atoms with van der Waals surface area (Å²) in [7, 11) is 1.54. The van der Waals surface area contributed by atoms with Gasteiger partial charge in [0.1, 0.15) is 11.6 Å². The molecule has 1 heterocycles. The second kappa shape index (κ2) is 9.16. The van der Waals surface area contributed by atoms with Crippen LogP contribution in [0.4, 0.5) is 4.39 Å². The third-order valence-corrected chi connectivity index (χ3v) is 5.77. The van der Waals surface area contributed by atoms with Gasteiger partial charge in [0.15, 0.2) is 0 Å². The van der Waals surface area contributed by atoms with Crippen molar-refractivity contribution in [1.82, 2.24) is 4.98 Å². The molecule has 0 aliphatic heterocycles. The first kappa shape index (κ1) is 18.9. The fourth-order valence-electron chi connectivity index (χ4n) is 4.10. The molecule has 2 aromatic rings. The molecule has 3 heteroatoms. The first-order chi connectivity index (χ1) is 12.7. The van der Waals surface area contributed by atoms with Crippen LogP contribution in [0.25, 0.3) is 11.3 Å². The van der Waals surface area contributed by atoms with Gasteiger partial charge in [0.25, 0.3) is 0 Å². The van der Waals surface area contributed by atoms with Crippen molar-refractivity contribution < 1.29 is 9.13 Å². The zero-order chi connectivity index (χ0) is 18.4. The Morgan fingerprint density at radius 2 is 1.88 bits per heavy atom. The van der Waals surface area contributed by atoms with Crippen LogP contribution in [0, 0.1) is 11.7 Å². The Hall–Kier alpha value is -1.90. The molecule has 0 amide bonds. The standard InChI is InChI=1S/C23H30FNO/c1-3-4-5-6-17-7-9-18(10-8-17)19-11-14-23(25-16-19)21-13-12-20(26-2)15-22(21)24/h11-18H,3-10H2,1-2H3. The van der Waals surface area contributed by atoms with Crippen molar-refractivity contribution in [2.75, 3.05) is 7.11 Å². The topological polar surface area (TPSA) is 22.1 Å². The maximum absolute atomic E-state index is 14.2. The molecule has 1 aromatic carbocycles. The highest BCUT2D eigenvalue weighted by atomic mass is 19.1. The Morgan fingerprint density at radius 1 is 1.08 bits per heavy atom. The van der Waals surface area contributed by atoms with Gasteiger partial charge >= 0.3 is 0 Å². The summed E-state index contributed by atoms with van der Waals surface area (Å²) in [6.45, 7) is 2.27. The van der Waals surface area contributed by atoms with Gasteiger partial charge in [-0.1, -0.05) is 38.7 Å². The van der Waals surface area contributed by atoms with Gasteiger partial charge in [-0.05, 0) is 61.3 Å². The van der Waals surface area contributed by atoms with Crippen LogP contribution < -0.4 is 4.74 Å². The Bertz CT molecular complexity index is 690. The Morgan fingerprint density at radius 3 is 2.50 bits per heavy atom. The van der Waals surface area contributed by atoms with Gasteiger partial charge in [0, 0.05) is 17.8 Å². The van der Waals surface area contributed by atoms with E-state index in [9.17, 15) is 4.39 Å². The van der Waals surface area contributed by atoms with Gasteiger partial charge < -0.3 is 4.74 Å². The summed E-state index contributed by atoms with van der Waals surface area (Å²) in [6, 6.07) is 9.00. The van der Waals surface area contributed by atoms with E-state index >= 15 is 0 Å². The van der Waals surface area contributed by atoms with E-state index in [2.05, 4.69) is 18.0 Å². The molecule has 3 rings (SSSR count). The van der Waals surface area contributed by atoms with Crippen molar-refractivity contribution in [2.24, 2.45) is 5.92 Å². The van der Waals surface area contributed by atoms with Gasteiger partial charge in [-0.15, -0.1) is 0 Å². The summed E-state index contributed by atoms with van der Waals surface area (Å²) < 4.78 is 19.3. The molecule has 2 nitrogen and oxygen atoms in total. The molecule has 140 valence electrons. The SMILES string of the molecule is CCCCCC1CCC(c2ccc(-c3ccc(OC)cc3F)nc2)CC1. The number of ether oxygens (including phenoxy) is 1. The molecule has 0 bridgehead atoms. The van der Waals surface area contributed by atoms with Crippen LogP contribution in [-0.4, -0.2) is 12.1 Å². The van der Waals surface area contributed by atoms with Crippen LogP contribution >= 0.6 is 0 Å². The van der Waals surface area contributed by atoms with E-state index < -0.39 is 0 Å². The number of hydrogen-bond donors (Lipinski definition) is 0. The van der Waals surface area contributed by atoms with Crippen LogP contribution in [0.2, 0.25) is 0 Å². The molecule has 0 atom stereocenters. The van der Waals surface area contributed by atoms with E-state index in [0.29, 0.717) is 22.9 Å². The Balaban J connectivity index is 1.60. The van der Waals surface area contributed by atoms with Gasteiger partial charge in [0.05, 0.1) is 12.8 Å². The number of hydrogen-bond acceptors (Lipinski definition) is 2. The number of unbranched alkanes of at least 4 members (excludes halogenated alkanes) is 2. The molecule has 1 saturated carbocycles. The fourth-order valence-corrected chi connectivity index (χ4v) is 4.10. The first-order valence-corrected chi connectivity index (χ1v) is 10.0. The highest BCUT2D eigenvalue weighted by molar-refractivity contribution is 5.61. The Labute approximate surface area is 156 Å². The summed E-state index contributed by atoms with van der Waals surface area (Å²) in [5.41, 5.74) is 2.51. The summed E-state index contributed by atoms with van der Waals surface area (Å²) in [5, 5.41) is 0. The van der Waals surface area contributed by atoms with E-state index in [1.165, 1.54) is 63.0 Å². The number of benzene rings is 1. The van der Waals surface area contributed by atoms with Crippen LogP contribution in [0.15, 0.2) is 36.5 Å². The number of rotatable bonds is 7. The number of nitrogens with zero attached hydrogens (tertiary/aromatic N) is 1. The molecule has 0 radical (unpaired) electrons. The quantitative estimate of drug-likeness (QED) is 0.512. The predicted molar refractivity (Wildman–Crippen MR) is 105 cm³/mol. The maximum atomic E-state index is 14.2. The molecule has 1 aliphatic carbocycles. The zero-order valence-electron chi connectivity index (χ0n) is 16.0. The lowest BCUT2D eigenvalue weighted by Gasteiger charge is -2.28. The van der Waals surface area contributed by atoms with Crippen molar-refractivity contribution >= 4 is 0 Å². The average Bonchev–Trinajstić information content (AvgIpc) is 2.69. The molecule has 0 N–H and O–H groups in total. The molecule has 1 fully saturated rings. The lowest BCUT2D eigenvalue weighted by Crippen LogP contribution is -2.13. The second-order valence-corrected chi connectivity index (χ2v) is 7.54. The summed E-state index contributed by atoms with van der Waals surface area (Å²) in [6.07, 6.45) is 12.6.